The first-order chi connectivity index (χ1) is 12.9. The largest absolute Gasteiger partial charge is 0.205 e. The Labute approximate surface area is 145 Å². The third-order valence-corrected chi connectivity index (χ3v) is 3.98. The van der Waals surface area contributed by atoms with Crippen LogP contribution in [-0.2, 0) is 12.5 Å². The normalized spacial score (nSPS) is 17.9. The van der Waals surface area contributed by atoms with Crippen LogP contribution in [0.2, 0.25) is 0 Å². The van der Waals surface area contributed by atoms with Gasteiger partial charge in [-0.1, -0.05) is 52.8 Å². The summed E-state index contributed by atoms with van der Waals surface area (Å²) in [6.07, 6.45) is 1.54. The van der Waals surface area contributed by atoms with Gasteiger partial charge in [-0.05, 0) is 41.4 Å². The second kappa shape index (κ2) is 5.87. The molecule has 1 aromatic heterocycles. The molecular weight excluding hydrogens is 266 g/mol. The topological polar surface area (TPSA) is 3.88 Å². The molecule has 0 amide bonds. The van der Waals surface area contributed by atoms with Crippen LogP contribution in [0.15, 0.2) is 30.4 Å². The summed E-state index contributed by atoms with van der Waals surface area (Å²) in [5.41, 5.74) is 1.79. The first-order valence-electron chi connectivity index (χ1n) is 11.1. The molecule has 2 aromatic rings. The Morgan fingerprint density at radius 2 is 1.77 bits per heavy atom. The van der Waals surface area contributed by atoms with Crippen molar-refractivity contribution in [1.29, 1.82) is 0 Å². The van der Waals surface area contributed by atoms with Gasteiger partial charge in [-0.25, -0.2) is 4.57 Å². The average Bonchev–Trinajstić information content (AvgIpc) is 2.51. The summed E-state index contributed by atoms with van der Waals surface area (Å²) in [5.74, 6) is 0.101. The average molecular weight is 304 g/mol. The highest BCUT2D eigenvalue weighted by Gasteiger charge is 2.19. The van der Waals surface area contributed by atoms with Crippen LogP contribution in [0.4, 0.5) is 0 Å². The van der Waals surface area contributed by atoms with Gasteiger partial charge in [0.1, 0.15) is 7.05 Å². The fraction of sp³-hybridized carbons (Fsp3) is 0.476. The molecule has 0 aliphatic carbocycles. The smallest absolute Gasteiger partial charge is 0.184 e. The molecule has 0 saturated carbocycles. The zero-order chi connectivity index (χ0) is 22.5. The van der Waals surface area contributed by atoms with Crippen LogP contribution in [-0.4, -0.2) is 0 Å². The van der Waals surface area contributed by atoms with Crippen molar-refractivity contribution in [2.75, 3.05) is 0 Å². The molecule has 0 atom stereocenters. The van der Waals surface area contributed by atoms with E-state index < -0.39 is 13.7 Å². The number of pyridine rings is 1. The minimum Gasteiger partial charge on any atom is -0.205 e. The zero-order valence-electron chi connectivity index (χ0n) is 21.3. The number of benzene rings is 1. The SMILES string of the molecule is [2H]c1cc(C(C)(C)C)cc(C([2H])([2H])[2H])c1-c1cc(C(C)C)[n+](C)cc1C([2H])([2H])[2H]. The monoisotopic (exact) mass is 303 g/mol. The van der Waals surface area contributed by atoms with Crippen molar-refractivity contribution in [1.82, 2.24) is 0 Å². The van der Waals surface area contributed by atoms with Gasteiger partial charge in [-0.15, -0.1) is 0 Å². The molecule has 118 valence electrons. The zero-order valence-corrected chi connectivity index (χ0v) is 14.3. The Morgan fingerprint density at radius 3 is 2.32 bits per heavy atom. The van der Waals surface area contributed by atoms with E-state index in [9.17, 15) is 0 Å². The van der Waals surface area contributed by atoms with Crippen molar-refractivity contribution in [3.63, 3.8) is 0 Å². The Morgan fingerprint density at radius 1 is 1.09 bits per heavy atom. The van der Waals surface area contributed by atoms with Crippen LogP contribution in [0.1, 0.15) is 72.5 Å². The minimum atomic E-state index is -2.48. The quantitative estimate of drug-likeness (QED) is 0.670. The number of hydrogen-bond donors (Lipinski definition) is 0. The van der Waals surface area contributed by atoms with E-state index in [1.807, 2.05) is 34.6 Å². The maximum Gasteiger partial charge on any atom is 0.184 e. The third kappa shape index (κ3) is 3.24. The van der Waals surface area contributed by atoms with Crippen molar-refractivity contribution in [3.05, 3.63) is 52.8 Å². The molecule has 0 spiro atoms. The summed E-state index contributed by atoms with van der Waals surface area (Å²) < 4.78 is 58.6. The number of aryl methyl sites for hydroxylation is 3. The molecule has 0 fully saturated rings. The van der Waals surface area contributed by atoms with Crippen LogP contribution in [0.3, 0.4) is 0 Å². The first kappa shape index (κ1) is 9.50. The summed E-state index contributed by atoms with van der Waals surface area (Å²) in [5, 5.41) is 0. The maximum absolute atomic E-state index is 8.64. The molecule has 1 heterocycles. The van der Waals surface area contributed by atoms with Crippen LogP contribution in [0.25, 0.3) is 11.1 Å². The predicted molar refractivity (Wildman–Crippen MR) is 95.3 cm³/mol. The molecule has 1 aromatic carbocycles. The molecule has 0 aliphatic heterocycles. The van der Waals surface area contributed by atoms with Crippen molar-refractivity contribution in [2.24, 2.45) is 7.05 Å². The van der Waals surface area contributed by atoms with E-state index in [0.29, 0.717) is 5.56 Å². The molecule has 0 N–H and O–H groups in total. The van der Waals surface area contributed by atoms with Gasteiger partial charge in [0.2, 0.25) is 0 Å². The van der Waals surface area contributed by atoms with Crippen LogP contribution in [0.5, 0.6) is 0 Å². The fourth-order valence-electron chi connectivity index (χ4n) is 2.60. The van der Waals surface area contributed by atoms with Gasteiger partial charge in [0.15, 0.2) is 11.9 Å². The van der Waals surface area contributed by atoms with E-state index in [1.54, 1.807) is 29.8 Å². The number of rotatable bonds is 2. The van der Waals surface area contributed by atoms with Crippen molar-refractivity contribution in [2.45, 2.75) is 59.7 Å². The van der Waals surface area contributed by atoms with Gasteiger partial charge in [-0.2, -0.15) is 0 Å². The lowest BCUT2D eigenvalue weighted by Gasteiger charge is -2.21. The van der Waals surface area contributed by atoms with E-state index >= 15 is 0 Å². The lowest BCUT2D eigenvalue weighted by molar-refractivity contribution is -0.680. The number of nitrogens with zero attached hydrogens (tertiary/aromatic N) is 1. The molecule has 22 heavy (non-hydrogen) atoms. The summed E-state index contributed by atoms with van der Waals surface area (Å²) in [6.45, 7) is 4.93. The molecule has 2 rings (SSSR count). The Balaban J connectivity index is 3.02. The molecule has 0 aliphatic rings. The van der Waals surface area contributed by atoms with Crippen LogP contribution < -0.4 is 4.57 Å². The van der Waals surface area contributed by atoms with Gasteiger partial charge >= 0.3 is 0 Å². The highest BCUT2D eigenvalue weighted by Crippen LogP contribution is 2.31. The maximum atomic E-state index is 8.64. The molecular formula is C21H30N+. The second-order valence-corrected chi connectivity index (χ2v) is 7.22. The number of aromatic nitrogens is 1. The lowest BCUT2D eigenvalue weighted by Crippen LogP contribution is -2.34. The van der Waals surface area contributed by atoms with E-state index in [0.717, 1.165) is 11.3 Å². The molecule has 0 saturated heterocycles. The Kier molecular flexibility index (Phi) is 2.53. The highest BCUT2D eigenvalue weighted by atomic mass is 14.9. The van der Waals surface area contributed by atoms with Crippen LogP contribution >= 0.6 is 0 Å². The van der Waals surface area contributed by atoms with Crippen LogP contribution in [0, 0.1) is 13.7 Å². The highest BCUT2D eigenvalue weighted by molar-refractivity contribution is 5.70. The molecule has 0 radical (unpaired) electrons. The Hall–Kier alpha value is -1.63. The fourth-order valence-corrected chi connectivity index (χ4v) is 2.60. The van der Waals surface area contributed by atoms with Gasteiger partial charge in [0.25, 0.3) is 0 Å². The van der Waals surface area contributed by atoms with E-state index in [4.69, 9.17) is 9.60 Å². The van der Waals surface area contributed by atoms with E-state index in [1.165, 1.54) is 6.20 Å². The Bertz CT molecular complexity index is 917. The predicted octanol–water partition coefficient (Wildman–Crippen LogP) is 5.22. The molecule has 1 heteroatoms. The van der Waals surface area contributed by atoms with Gasteiger partial charge in [-0.3, -0.25) is 0 Å². The number of hydrogen-bond acceptors (Lipinski definition) is 0. The van der Waals surface area contributed by atoms with Gasteiger partial charge in [0, 0.05) is 25.8 Å². The summed E-state index contributed by atoms with van der Waals surface area (Å²) in [4.78, 5) is 0. The van der Waals surface area contributed by atoms with Crippen molar-refractivity contribution >= 4 is 0 Å². The summed E-state index contributed by atoms with van der Waals surface area (Å²) in [6, 6.07) is 5.01. The van der Waals surface area contributed by atoms with Gasteiger partial charge in [0.05, 0.1) is 1.37 Å². The first-order valence-corrected chi connectivity index (χ1v) is 7.64. The molecule has 0 unspecified atom stereocenters. The second-order valence-electron chi connectivity index (χ2n) is 7.22. The van der Waals surface area contributed by atoms with E-state index in [2.05, 4.69) is 0 Å². The third-order valence-electron chi connectivity index (χ3n) is 3.98. The minimum absolute atomic E-state index is 0.0176. The summed E-state index contributed by atoms with van der Waals surface area (Å²) >= 11 is 0. The lowest BCUT2D eigenvalue weighted by atomic mass is 9.84. The summed E-state index contributed by atoms with van der Waals surface area (Å²) in [7, 11) is 1.78. The molecule has 0 bridgehead atoms. The van der Waals surface area contributed by atoms with Crippen molar-refractivity contribution in [3.8, 4) is 11.1 Å². The van der Waals surface area contributed by atoms with E-state index in [-0.39, 0.29) is 34.1 Å². The van der Waals surface area contributed by atoms with Gasteiger partial charge < -0.3 is 0 Å². The standard InChI is InChI=1S/C21H30N/c1-14(2)20-12-19(16(4)13-22(20)8)18-10-9-17(11-15(18)3)21(5,6)7/h9-14H,1-8H3/q+1/i3D3,4D3,10D. The van der Waals surface area contributed by atoms with Crippen molar-refractivity contribution < 1.29 is 14.2 Å². The molecule has 1 nitrogen and oxygen atoms in total.